The van der Waals surface area contributed by atoms with Gasteiger partial charge in [-0.2, -0.15) is 0 Å². The third-order valence-electron chi connectivity index (χ3n) is 3.98. The Bertz CT molecular complexity index is 434. The number of hydrogen-bond acceptors (Lipinski definition) is 1. The molecule has 0 spiro atoms. The van der Waals surface area contributed by atoms with Crippen molar-refractivity contribution in [3.63, 3.8) is 0 Å². The molecule has 18 heavy (non-hydrogen) atoms. The van der Waals surface area contributed by atoms with Crippen molar-refractivity contribution < 1.29 is 9.90 Å². The van der Waals surface area contributed by atoms with E-state index < -0.39 is 5.97 Å². The van der Waals surface area contributed by atoms with Crippen LogP contribution in [0.2, 0.25) is 0 Å². The average molecular weight is 246 g/mol. The smallest absolute Gasteiger partial charge is 0.307 e. The number of rotatable bonds is 3. The number of benzene rings is 1. The highest BCUT2D eigenvalue weighted by Gasteiger charge is 2.28. The highest BCUT2D eigenvalue weighted by atomic mass is 16.4. The van der Waals surface area contributed by atoms with E-state index in [0.717, 1.165) is 5.56 Å². The summed E-state index contributed by atoms with van der Waals surface area (Å²) >= 11 is 0. The molecule has 0 radical (unpaired) electrons. The van der Waals surface area contributed by atoms with Gasteiger partial charge in [-0.25, -0.2) is 0 Å². The minimum absolute atomic E-state index is 0.129. The van der Waals surface area contributed by atoms with Crippen molar-refractivity contribution in [3.8, 4) is 0 Å². The fourth-order valence-electron chi connectivity index (χ4n) is 3.11. The first-order valence-electron chi connectivity index (χ1n) is 6.77. The van der Waals surface area contributed by atoms with Crippen molar-refractivity contribution in [3.05, 3.63) is 35.4 Å². The number of aliphatic carboxylic acids is 1. The van der Waals surface area contributed by atoms with Crippen LogP contribution in [0.15, 0.2) is 24.3 Å². The Balaban J connectivity index is 2.15. The van der Waals surface area contributed by atoms with E-state index in [0.29, 0.717) is 11.3 Å². The topological polar surface area (TPSA) is 37.3 Å². The van der Waals surface area contributed by atoms with Crippen LogP contribution < -0.4 is 0 Å². The van der Waals surface area contributed by atoms with Gasteiger partial charge in [-0.3, -0.25) is 4.79 Å². The van der Waals surface area contributed by atoms with E-state index in [1.807, 2.05) is 12.1 Å². The zero-order valence-electron chi connectivity index (χ0n) is 11.3. The zero-order chi connectivity index (χ0) is 13.2. The van der Waals surface area contributed by atoms with Crippen molar-refractivity contribution >= 4 is 5.97 Å². The van der Waals surface area contributed by atoms with Gasteiger partial charge < -0.3 is 5.11 Å². The molecular weight excluding hydrogens is 224 g/mol. The quantitative estimate of drug-likeness (QED) is 0.875. The van der Waals surface area contributed by atoms with Crippen LogP contribution in [-0.2, 0) is 11.2 Å². The minimum atomic E-state index is -0.754. The van der Waals surface area contributed by atoms with Gasteiger partial charge in [-0.15, -0.1) is 0 Å². The maximum Gasteiger partial charge on any atom is 0.307 e. The second kappa shape index (κ2) is 5.13. The number of carboxylic acid groups (broad SMARTS) is 1. The Morgan fingerprint density at radius 1 is 1.44 bits per heavy atom. The summed E-state index contributed by atoms with van der Waals surface area (Å²) in [5, 5.41) is 8.85. The highest BCUT2D eigenvalue weighted by Crippen LogP contribution is 2.43. The predicted molar refractivity (Wildman–Crippen MR) is 72.8 cm³/mol. The summed E-state index contributed by atoms with van der Waals surface area (Å²) in [4.78, 5) is 10.8. The lowest BCUT2D eigenvalue weighted by Gasteiger charge is -2.35. The van der Waals surface area contributed by atoms with Crippen LogP contribution in [0.4, 0.5) is 0 Å². The van der Waals surface area contributed by atoms with E-state index in [4.69, 9.17) is 5.11 Å². The van der Waals surface area contributed by atoms with Crippen LogP contribution in [0, 0.1) is 5.41 Å². The van der Waals surface area contributed by atoms with Crippen LogP contribution in [0.25, 0.3) is 0 Å². The standard InChI is InChI=1S/C16H22O2/c1-16(2)8-4-7-14(11-16)13-6-3-5-12(9-13)10-15(17)18/h3,5-6,9,14H,4,7-8,10-11H2,1-2H3,(H,17,18). The van der Waals surface area contributed by atoms with Crippen molar-refractivity contribution in [2.24, 2.45) is 5.41 Å². The van der Waals surface area contributed by atoms with Gasteiger partial charge in [0, 0.05) is 0 Å². The molecule has 1 atom stereocenters. The van der Waals surface area contributed by atoms with E-state index in [1.165, 1.54) is 31.2 Å². The molecule has 2 rings (SSSR count). The first-order chi connectivity index (χ1) is 8.46. The number of carboxylic acids is 1. The summed E-state index contributed by atoms with van der Waals surface area (Å²) in [6.07, 6.45) is 5.16. The molecule has 1 aliphatic rings. The lowest BCUT2D eigenvalue weighted by atomic mass is 9.70. The molecule has 0 amide bonds. The van der Waals surface area contributed by atoms with Crippen molar-refractivity contribution in [1.82, 2.24) is 0 Å². The maximum atomic E-state index is 10.8. The van der Waals surface area contributed by atoms with Gasteiger partial charge in [-0.05, 0) is 41.7 Å². The van der Waals surface area contributed by atoms with Gasteiger partial charge in [0.25, 0.3) is 0 Å². The van der Waals surface area contributed by atoms with Gasteiger partial charge >= 0.3 is 5.97 Å². The van der Waals surface area contributed by atoms with E-state index in [9.17, 15) is 4.79 Å². The Morgan fingerprint density at radius 2 is 2.22 bits per heavy atom. The second-order valence-electron chi connectivity index (χ2n) is 6.27. The first-order valence-corrected chi connectivity index (χ1v) is 6.77. The molecule has 0 aromatic heterocycles. The van der Waals surface area contributed by atoms with E-state index >= 15 is 0 Å². The van der Waals surface area contributed by atoms with Crippen LogP contribution in [-0.4, -0.2) is 11.1 Å². The van der Waals surface area contributed by atoms with E-state index in [1.54, 1.807) is 0 Å². The molecule has 2 nitrogen and oxygen atoms in total. The minimum Gasteiger partial charge on any atom is -0.481 e. The summed E-state index contributed by atoms with van der Waals surface area (Å²) in [5.74, 6) is -0.154. The third kappa shape index (κ3) is 3.34. The molecule has 0 heterocycles. The van der Waals surface area contributed by atoms with Crippen molar-refractivity contribution in [1.29, 1.82) is 0 Å². The molecule has 1 fully saturated rings. The molecule has 1 unspecified atom stereocenters. The molecule has 1 N–H and O–H groups in total. The summed E-state index contributed by atoms with van der Waals surface area (Å²) in [6.45, 7) is 4.67. The summed E-state index contributed by atoms with van der Waals surface area (Å²) < 4.78 is 0. The molecule has 0 bridgehead atoms. The van der Waals surface area contributed by atoms with Crippen LogP contribution >= 0.6 is 0 Å². The lowest BCUT2D eigenvalue weighted by molar-refractivity contribution is -0.136. The van der Waals surface area contributed by atoms with E-state index in [2.05, 4.69) is 26.0 Å². The Morgan fingerprint density at radius 3 is 2.89 bits per heavy atom. The first kappa shape index (κ1) is 13.1. The SMILES string of the molecule is CC1(C)CCCC(c2cccc(CC(=O)O)c2)C1. The van der Waals surface area contributed by atoms with Gasteiger partial charge in [-0.1, -0.05) is 44.5 Å². The third-order valence-corrected chi connectivity index (χ3v) is 3.98. The van der Waals surface area contributed by atoms with Crippen LogP contribution in [0.5, 0.6) is 0 Å². The Labute approximate surface area is 109 Å². The van der Waals surface area contributed by atoms with Crippen molar-refractivity contribution in [2.75, 3.05) is 0 Å². The zero-order valence-corrected chi connectivity index (χ0v) is 11.3. The lowest BCUT2D eigenvalue weighted by Crippen LogP contribution is -2.21. The Hall–Kier alpha value is -1.31. The van der Waals surface area contributed by atoms with Gasteiger partial charge in [0.15, 0.2) is 0 Å². The summed E-state index contributed by atoms with van der Waals surface area (Å²) in [6, 6.07) is 8.14. The molecule has 1 saturated carbocycles. The largest absolute Gasteiger partial charge is 0.481 e. The molecule has 0 saturated heterocycles. The summed E-state index contributed by atoms with van der Waals surface area (Å²) in [5.41, 5.74) is 2.66. The van der Waals surface area contributed by atoms with Gasteiger partial charge in [0.05, 0.1) is 6.42 Å². The monoisotopic (exact) mass is 246 g/mol. The van der Waals surface area contributed by atoms with Gasteiger partial charge in [0.2, 0.25) is 0 Å². The highest BCUT2D eigenvalue weighted by molar-refractivity contribution is 5.70. The second-order valence-corrected chi connectivity index (χ2v) is 6.27. The number of hydrogen-bond donors (Lipinski definition) is 1. The average Bonchev–Trinajstić information content (AvgIpc) is 2.27. The van der Waals surface area contributed by atoms with E-state index in [-0.39, 0.29) is 6.42 Å². The van der Waals surface area contributed by atoms with Gasteiger partial charge in [0.1, 0.15) is 0 Å². The molecular formula is C16H22O2. The fraction of sp³-hybridized carbons (Fsp3) is 0.562. The molecule has 0 aliphatic heterocycles. The summed E-state index contributed by atoms with van der Waals surface area (Å²) in [7, 11) is 0. The normalized spacial score (nSPS) is 22.7. The number of carbonyl (C=O) groups is 1. The van der Waals surface area contributed by atoms with Crippen LogP contribution in [0.1, 0.15) is 56.6 Å². The molecule has 1 aliphatic carbocycles. The van der Waals surface area contributed by atoms with Crippen molar-refractivity contribution in [2.45, 2.75) is 51.9 Å². The molecule has 2 heteroatoms. The maximum absolute atomic E-state index is 10.8. The predicted octanol–water partition coefficient (Wildman–Crippen LogP) is 4.00. The molecule has 1 aromatic carbocycles. The Kier molecular flexibility index (Phi) is 3.74. The molecule has 98 valence electrons. The molecule has 1 aromatic rings. The fourth-order valence-corrected chi connectivity index (χ4v) is 3.11. The van der Waals surface area contributed by atoms with Crippen LogP contribution in [0.3, 0.4) is 0 Å².